The molecule has 1 atom stereocenters. The van der Waals surface area contributed by atoms with Gasteiger partial charge in [-0.15, -0.1) is 0 Å². The molecule has 0 radical (unpaired) electrons. The first-order valence-electron chi connectivity index (χ1n) is 9.14. The first kappa shape index (κ1) is 19.6. The van der Waals surface area contributed by atoms with E-state index in [4.69, 9.17) is 0 Å². The molecule has 0 aromatic heterocycles. The Balaban J connectivity index is 1.95. The molecule has 144 valence electrons. The summed E-state index contributed by atoms with van der Waals surface area (Å²) in [5, 5.41) is 2.99. The van der Waals surface area contributed by atoms with Crippen molar-refractivity contribution in [1.29, 1.82) is 0 Å². The van der Waals surface area contributed by atoms with Crippen molar-refractivity contribution in [2.75, 3.05) is 19.4 Å². The van der Waals surface area contributed by atoms with Crippen LogP contribution in [0.15, 0.2) is 41.3 Å². The monoisotopic (exact) mass is 386 g/mol. The number of hydrogen-bond donors (Lipinski definition) is 1. The third kappa shape index (κ3) is 3.77. The van der Waals surface area contributed by atoms with E-state index in [1.807, 2.05) is 32.0 Å². The maximum absolute atomic E-state index is 13.0. The van der Waals surface area contributed by atoms with E-state index in [2.05, 4.69) is 11.4 Å². The summed E-state index contributed by atoms with van der Waals surface area (Å²) in [6.45, 7) is 3.75. The number of anilines is 1. The summed E-state index contributed by atoms with van der Waals surface area (Å²) in [6.07, 6.45) is 2.77. The molecule has 1 unspecified atom stereocenters. The Labute approximate surface area is 161 Å². The van der Waals surface area contributed by atoms with Crippen molar-refractivity contribution < 1.29 is 13.2 Å². The van der Waals surface area contributed by atoms with Crippen LogP contribution in [0.25, 0.3) is 0 Å². The third-order valence-electron chi connectivity index (χ3n) is 5.36. The molecule has 0 bridgehead atoms. The van der Waals surface area contributed by atoms with Gasteiger partial charge in [0, 0.05) is 19.8 Å². The van der Waals surface area contributed by atoms with Gasteiger partial charge in [-0.3, -0.25) is 4.79 Å². The Hall–Kier alpha value is -2.18. The third-order valence-corrected chi connectivity index (χ3v) is 7.16. The number of carbonyl (C=O) groups excluding carboxylic acids is 1. The highest BCUT2D eigenvalue weighted by Crippen LogP contribution is 2.33. The minimum absolute atomic E-state index is 0.0796. The fourth-order valence-corrected chi connectivity index (χ4v) is 4.58. The standard InChI is InChI=1S/C21H26N2O3S/c1-14-12-17(27(25,26)23(3)4)13-20(15(14)2)22-21(24)19-11-7-9-16-8-5-6-10-18(16)19/h5-6,8,10,12-13,19H,7,9,11H2,1-4H3,(H,22,24). The molecule has 1 amide bonds. The molecule has 0 heterocycles. The van der Waals surface area contributed by atoms with Crippen LogP contribution in [0.2, 0.25) is 0 Å². The Kier molecular flexibility index (Phi) is 5.40. The fraction of sp³-hybridized carbons (Fsp3) is 0.381. The van der Waals surface area contributed by atoms with Gasteiger partial charge in [0.15, 0.2) is 0 Å². The van der Waals surface area contributed by atoms with Gasteiger partial charge in [0.1, 0.15) is 0 Å². The number of hydrogen-bond acceptors (Lipinski definition) is 3. The summed E-state index contributed by atoms with van der Waals surface area (Å²) in [7, 11) is -0.562. The number of amides is 1. The summed E-state index contributed by atoms with van der Waals surface area (Å²) >= 11 is 0. The van der Waals surface area contributed by atoms with E-state index in [9.17, 15) is 13.2 Å². The molecule has 1 N–H and O–H groups in total. The van der Waals surface area contributed by atoms with Crippen LogP contribution in [0.4, 0.5) is 5.69 Å². The Bertz CT molecular complexity index is 981. The van der Waals surface area contributed by atoms with Gasteiger partial charge < -0.3 is 5.32 Å². The van der Waals surface area contributed by atoms with E-state index in [-0.39, 0.29) is 16.7 Å². The van der Waals surface area contributed by atoms with Gasteiger partial charge in [-0.1, -0.05) is 24.3 Å². The number of fused-ring (bicyclic) bond motifs is 1. The van der Waals surface area contributed by atoms with E-state index in [1.54, 1.807) is 12.1 Å². The van der Waals surface area contributed by atoms with Crippen molar-refractivity contribution in [3.63, 3.8) is 0 Å². The second-order valence-corrected chi connectivity index (χ2v) is 9.48. The van der Waals surface area contributed by atoms with Crippen LogP contribution in [0, 0.1) is 13.8 Å². The van der Waals surface area contributed by atoms with Crippen molar-refractivity contribution in [1.82, 2.24) is 4.31 Å². The average Bonchev–Trinajstić information content (AvgIpc) is 2.64. The molecule has 0 saturated carbocycles. The predicted molar refractivity (Wildman–Crippen MR) is 108 cm³/mol. The van der Waals surface area contributed by atoms with Gasteiger partial charge in [-0.25, -0.2) is 12.7 Å². The Morgan fingerprint density at radius 1 is 1.15 bits per heavy atom. The lowest BCUT2D eigenvalue weighted by molar-refractivity contribution is -0.117. The number of aryl methyl sites for hydroxylation is 2. The van der Waals surface area contributed by atoms with Crippen molar-refractivity contribution >= 4 is 21.6 Å². The quantitative estimate of drug-likeness (QED) is 0.873. The summed E-state index contributed by atoms with van der Waals surface area (Å²) in [5.41, 5.74) is 4.57. The summed E-state index contributed by atoms with van der Waals surface area (Å²) in [6, 6.07) is 11.3. The van der Waals surface area contributed by atoms with E-state index in [1.165, 1.54) is 24.0 Å². The normalized spacial score (nSPS) is 16.9. The molecular formula is C21H26N2O3S. The maximum atomic E-state index is 13.0. The molecular weight excluding hydrogens is 360 g/mol. The molecule has 0 saturated heterocycles. The van der Waals surface area contributed by atoms with Crippen LogP contribution in [-0.2, 0) is 21.2 Å². The largest absolute Gasteiger partial charge is 0.325 e. The van der Waals surface area contributed by atoms with Gasteiger partial charge >= 0.3 is 0 Å². The molecule has 0 fully saturated rings. The van der Waals surface area contributed by atoms with Crippen LogP contribution in [0.1, 0.15) is 41.0 Å². The number of carbonyl (C=O) groups is 1. The topological polar surface area (TPSA) is 66.5 Å². The van der Waals surface area contributed by atoms with Gasteiger partial charge in [0.05, 0.1) is 10.8 Å². The first-order chi connectivity index (χ1) is 12.7. The van der Waals surface area contributed by atoms with E-state index >= 15 is 0 Å². The Morgan fingerprint density at radius 2 is 1.85 bits per heavy atom. The number of benzene rings is 2. The number of rotatable bonds is 4. The highest BCUT2D eigenvalue weighted by molar-refractivity contribution is 7.89. The molecule has 3 rings (SSSR count). The van der Waals surface area contributed by atoms with Crippen LogP contribution >= 0.6 is 0 Å². The fourth-order valence-electron chi connectivity index (χ4n) is 3.56. The van der Waals surface area contributed by atoms with Crippen LogP contribution in [-0.4, -0.2) is 32.7 Å². The van der Waals surface area contributed by atoms with E-state index in [0.717, 1.165) is 36.0 Å². The van der Waals surface area contributed by atoms with E-state index < -0.39 is 10.0 Å². The minimum atomic E-state index is -3.57. The minimum Gasteiger partial charge on any atom is -0.325 e. The van der Waals surface area contributed by atoms with Crippen LogP contribution in [0.3, 0.4) is 0 Å². The van der Waals surface area contributed by atoms with Crippen molar-refractivity contribution in [3.8, 4) is 0 Å². The Morgan fingerprint density at radius 3 is 2.56 bits per heavy atom. The smallest absolute Gasteiger partial charge is 0.242 e. The van der Waals surface area contributed by atoms with Gasteiger partial charge in [0.25, 0.3) is 0 Å². The molecule has 2 aromatic rings. The van der Waals surface area contributed by atoms with Crippen molar-refractivity contribution in [2.24, 2.45) is 0 Å². The molecule has 0 aliphatic heterocycles. The molecule has 27 heavy (non-hydrogen) atoms. The highest BCUT2D eigenvalue weighted by Gasteiger charge is 2.27. The molecule has 1 aliphatic carbocycles. The van der Waals surface area contributed by atoms with Gasteiger partial charge in [-0.2, -0.15) is 0 Å². The highest BCUT2D eigenvalue weighted by atomic mass is 32.2. The average molecular weight is 387 g/mol. The number of sulfonamides is 1. The van der Waals surface area contributed by atoms with Gasteiger partial charge in [-0.05, 0) is 67.5 Å². The van der Waals surface area contributed by atoms with Crippen molar-refractivity contribution in [2.45, 2.75) is 43.9 Å². The number of nitrogens with zero attached hydrogens (tertiary/aromatic N) is 1. The van der Waals surface area contributed by atoms with Crippen molar-refractivity contribution in [3.05, 3.63) is 58.7 Å². The second-order valence-electron chi connectivity index (χ2n) is 7.33. The summed E-state index contributed by atoms with van der Waals surface area (Å²) < 4.78 is 26.2. The molecule has 2 aromatic carbocycles. The molecule has 0 spiro atoms. The van der Waals surface area contributed by atoms with Crippen LogP contribution < -0.4 is 5.32 Å². The lowest BCUT2D eigenvalue weighted by atomic mass is 9.82. The molecule has 1 aliphatic rings. The van der Waals surface area contributed by atoms with Gasteiger partial charge in [0.2, 0.25) is 15.9 Å². The summed E-state index contributed by atoms with van der Waals surface area (Å²) in [5.74, 6) is -0.284. The summed E-state index contributed by atoms with van der Waals surface area (Å²) in [4.78, 5) is 13.2. The molecule has 5 nitrogen and oxygen atoms in total. The molecule has 6 heteroatoms. The zero-order valence-corrected chi connectivity index (χ0v) is 17.1. The van der Waals surface area contributed by atoms with Crippen LogP contribution in [0.5, 0.6) is 0 Å². The lowest BCUT2D eigenvalue weighted by Gasteiger charge is -2.25. The lowest BCUT2D eigenvalue weighted by Crippen LogP contribution is -2.26. The SMILES string of the molecule is Cc1cc(S(=O)(=O)N(C)C)cc(NC(=O)C2CCCc3ccccc32)c1C. The predicted octanol–water partition coefficient (Wildman–Crippen LogP) is 3.61. The van der Waals surface area contributed by atoms with E-state index in [0.29, 0.717) is 5.69 Å². The zero-order valence-electron chi connectivity index (χ0n) is 16.2. The zero-order chi connectivity index (χ0) is 19.8. The maximum Gasteiger partial charge on any atom is 0.242 e. The first-order valence-corrected chi connectivity index (χ1v) is 10.6. The second kappa shape index (κ2) is 7.44. The number of nitrogens with one attached hydrogen (secondary N) is 1.